The van der Waals surface area contributed by atoms with Crippen molar-refractivity contribution in [1.29, 1.82) is 0 Å². The van der Waals surface area contributed by atoms with Gasteiger partial charge in [-0.1, -0.05) is 12.1 Å². The second-order valence-electron chi connectivity index (χ2n) is 3.16. The van der Waals surface area contributed by atoms with Crippen molar-refractivity contribution in [3.63, 3.8) is 0 Å². The Bertz CT molecular complexity index is 584. The third-order valence-corrected chi connectivity index (χ3v) is 3.08. The van der Waals surface area contributed by atoms with Crippen molar-refractivity contribution in [3.05, 3.63) is 30.5 Å². The molecule has 0 unspecified atom stereocenters. The number of aromatic nitrogens is 1. The summed E-state index contributed by atoms with van der Waals surface area (Å²) in [5.74, 6) is 0. The van der Waals surface area contributed by atoms with Crippen molar-refractivity contribution in [3.8, 4) is 0 Å². The van der Waals surface area contributed by atoms with E-state index in [9.17, 15) is 8.42 Å². The summed E-state index contributed by atoms with van der Waals surface area (Å²) in [4.78, 5) is 0. The van der Waals surface area contributed by atoms with Crippen LogP contribution in [0.4, 0.5) is 5.69 Å². The molecule has 2 aromatic rings. The van der Waals surface area contributed by atoms with E-state index in [1.54, 1.807) is 18.2 Å². The summed E-state index contributed by atoms with van der Waals surface area (Å²) in [5, 5.41) is 0.829. The van der Waals surface area contributed by atoms with Crippen LogP contribution >= 0.6 is 0 Å². The molecule has 1 aromatic carbocycles. The largest absolute Gasteiger partial charge is 0.397 e. The van der Waals surface area contributed by atoms with Gasteiger partial charge in [-0.05, 0) is 12.1 Å². The zero-order valence-corrected chi connectivity index (χ0v) is 8.45. The van der Waals surface area contributed by atoms with E-state index < -0.39 is 10.0 Å². The number of rotatable bonds is 1. The van der Waals surface area contributed by atoms with Crippen molar-refractivity contribution in [2.45, 2.75) is 0 Å². The summed E-state index contributed by atoms with van der Waals surface area (Å²) in [7, 11) is -3.27. The summed E-state index contributed by atoms with van der Waals surface area (Å²) in [6, 6.07) is 7.04. The first kappa shape index (κ1) is 9.08. The van der Waals surface area contributed by atoms with E-state index in [-0.39, 0.29) is 0 Å². The van der Waals surface area contributed by atoms with Gasteiger partial charge in [0.15, 0.2) is 0 Å². The number of nitrogen functional groups attached to an aromatic ring is 1. The summed E-state index contributed by atoms with van der Waals surface area (Å²) in [6.45, 7) is 0. The van der Waals surface area contributed by atoms with Gasteiger partial charge in [-0.3, -0.25) is 0 Å². The Morgan fingerprint density at radius 2 is 2.00 bits per heavy atom. The molecule has 0 amide bonds. The average molecular weight is 210 g/mol. The third-order valence-electron chi connectivity index (χ3n) is 2.07. The second kappa shape index (κ2) is 2.75. The summed E-state index contributed by atoms with van der Waals surface area (Å²) in [5.41, 5.74) is 6.73. The van der Waals surface area contributed by atoms with Crippen molar-refractivity contribution in [2.24, 2.45) is 0 Å². The van der Waals surface area contributed by atoms with Crippen LogP contribution in [0.5, 0.6) is 0 Å². The topological polar surface area (TPSA) is 65.1 Å². The van der Waals surface area contributed by atoms with Crippen LogP contribution in [-0.2, 0) is 10.0 Å². The SMILES string of the molecule is CS(=O)(=O)n1ccc2cccc(N)c21. The zero-order valence-electron chi connectivity index (χ0n) is 7.64. The van der Waals surface area contributed by atoms with Crippen LogP contribution < -0.4 is 5.73 Å². The Kier molecular flexibility index (Phi) is 1.78. The molecule has 0 spiro atoms. The first-order valence-corrected chi connectivity index (χ1v) is 5.91. The lowest BCUT2D eigenvalue weighted by atomic mass is 10.2. The lowest BCUT2D eigenvalue weighted by molar-refractivity contribution is 0.595. The van der Waals surface area contributed by atoms with Gasteiger partial charge in [0, 0.05) is 11.6 Å². The molecule has 0 fully saturated rings. The maximum Gasteiger partial charge on any atom is 0.236 e. The van der Waals surface area contributed by atoms with Gasteiger partial charge in [0.1, 0.15) is 0 Å². The molecule has 14 heavy (non-hydrogen) atoms. The standard InChI is InChI=1S/C9H10N2O2S/c1-14(12,13)11-6-5-7-3-2-4-8(10)9(7)11/h2-6H,10H2,1H3. The average Bonchev–Trinajstić information content (AvgIpc) is 2.47. The molecule has 2 N–H and O–H groups in total. The number of nitrogens with zero attached hydrogens (tertiary/aromatic N) is 1. The molecular weight excluding hydrogens is 200 g/mol. The Morgan fingerprint density at radius 1 is 1.29 bits per heavy atom. The fraction of sp³-hybridized carbons (Fsp3) is 0.111. The normalized spacial score (nSPS) is 12.1. The minimum Gasteiger partial charge on any atom is -0.397 e. The van der Waals surface area contributed by atoms with Crippen LogP contribution in [0.1, 0.15) is 0 Å². The van der Waals surface area contributed by atoms with Gasteiger partial charge in [-0.2, -0.15) is 0 Å². The minimum absolute atomic E-state index is 0.470. The Labute approximate surface area is 82.0 Å². The van der Waals surface area contributed by atoms with E-state index in [0.29, 0.717) is 11.2 Å². The maximum absolute atomic E-state index is 11.4. The molecule has 74 valence electrons. The van der Waals surface area contributed by atoms with Crippen LogP contribution in [-0.4, -0.2) is 18.6 Å². The monoisotopic (exact) mass is 210 g/mol. The number of hydrogen-bond acceptors (Lipinski definition) is 3. The molecule has 0 saturated heterocycles. The fourth-order valence-corrected chi connectivity index (χ4v) is 2.29. The third kappa shape index (κ3) is 1.26. The number of fused-ring (bicyclic) bond motifs is 1. The first-order chi connectivity index (χ1) is 6.50. The number of nitrogens with two attached hydrogens (primary N) is 1. The number of para-hydroxylation sites is 1. The van der Waals surface area contributed by atoms with Gasteiger partial charge in [0.2, 0.25) is 10.0 Å². The highest BCUT2D eigenvalue weighted by Crippen LogP contribution is 2.22. The summed E-state index contributed by atoms with van der Waals surface area (Å²) in [6.07, 6.45) is 2.66. The van der Waals surface area contributed by atoms with Crippen LogP contribution in [0.15, 0.2) is 30.5 Å². The van der Waals surface area contributed by atoms with E-state index in [4.69, 9.17) is 5.73 Å². The molecule has 2 rings (SSSR count). The zero-order chi connectivity index (χ0) is 10.3. The van der Waals surface area contributed by atoms with Crippen LogP contribution in [0.2, 0.25) is 0 Å². The highest BCUT2D eigenvalue weighted by atomic mass is 32.2. The molecule has 4 nitrogen and oxygen atoms in total. The molecule has 0 atom stereocenters. The Morgan fingerprint density at radius 3 is 2.64 bits per heavy atom. The lowest BCUT2D eigenvalue weighted by Crippen LogP contribution is -2.09. The van der Waals surface area contributed by atoms with E-state index >= 15 is 0 Å². The van der Waals surface area contributed by atoms with Gasteiger partial charge >= 0.3 is 0 Å². The Balaban J connectivity index is 2.94. The summed E-state index contributed by atoms with van der Waals surface area (Å²) < 4.78 is 23.9. The molecule has 1 aromatic heterocycles. The van der Waals surface area contributed by atoms with Crippen LogP contribution in [0, 0.1) is 0 Å². The van der Waals surface area contributed by atoms with Gasteiger partial charge in [-0.15, -0.1) is 0 Å². The molecule has 1 heterocycles. The second-order valence-corrected chi connectivity index (χ2v) is 5.02. The van der Waals surface area contributed by atoms with E-state index in [0.717, 1.165) is 11.6 Å². The summed E-state index contributed by atoms with van der Waals surface area (Å²) >= 11 is 0. The van der Waals surface area contributed by atoms with Crippen LogP contribution in [0.3, 0.4) is 0 Å². The molecule has 0 aliphatic heterocycles. The number of hydrogen-bond donors (Lipinski definition) is 1. The lowest BCUT2D eigenvalue weighted by Gasteiger charge is -2.03. The van der Waals surface area contributed by atoms with E-state index in [2.05, 4.69) is 0 Å². The fourth-order valence-electron chi connectivity index (χ4n) is 1.47. The minimum atomic E-state index is -3.27. The molecule has 0 bridgehead atoms. The van der Waals surface area contributed by atoms with Gasteiger partial charge in [0.25, 0.3) is 0 Å². The molecular formula is C9H10N2O2S. The van der Waals surface area contributed by atoms with Crippen molar-refractivity contribution >= 4 is 26.6 Å². The van der Waals surface area contributed by atoms with Gasteiger partial charge in [-0.25, -0.2) is 12.4 Å². The first-order valence-electron chi connectivity index (χ1n) is 4.06. The maximum atomic E-state index is 11.4. The molecule has 0 saturated carbocycles. The van der Waals surface area contributed by atoms with Gasteiger partial charge in [0.05, 0.1) is 17.5 Å². The smallest absolute Gasteiger partial charge is 0.236 e. The molecule has 5 heteroatoms. The number of benzene rings is 1. The van der Waals surface area contributed by atoms with Crippen LogP contribution in [0.25, 0.3) is 10.9 Å². The van der Waals surface area contributed by atoms with Gasteiger partial charge < -0.3 is 5.73 Å². The van der Waals surface area contributed by atoms with Crippen molar-refractivity contribution in [2.75, 3.05) is 12.0 Å². The van der Waals surface area contributed by atoms with Crippen molar-refractivity contribution in [1.82, 2.24) is 3.97 Å². The van der Waals surface area contributed by atoms with E-state index in [1.165, 1.54) is 10.2 Å². The predicted molar refractivity (Wildman–Crippen MR) is 56.6 cm³/mol. The number of anilines is 1. The predicted octanol–water partition coefficient (Wildman–Crippen LogP) is 1.03. The van der Waals surface area contributed by atoms with Crippen molar-refractivity contribution < 1.29 is 8.42 Å². The quantitative estimate of drug-likeness (QED) is 0.715. The molecule has 0 radical (unpaired) electrons. The highest BCUT2D eigenvalue weighted by Gasteiger charge is 2.11. The van der Waals surface area contributed by atoms with E-state index in [1.807, 2.05) is 6.07 Å². The Hall–Kier alpha value is -1.49. The molecule has 0 aliphatic rings. The molecule has 0 aliphatic carbocycles. The highest BCUT2D eigenvalue weighted by molar-refractivity contribution is 7.89.